The van der Waals surface area contributed by atoms with E-state index in [1.165, 1.54) is 12.5 Å². The van der Waals surface area contributed by atoms with E-state index >= 15 is 0 Å². The highest BCUT2D eigenvalue weighted by atomic mass is 16.3. The monoisotopic (exact) mass is 282 g/mol. The molecule has 106 valence electrons. The second kappa shape index (κ2) is 5.67. The van der Waals surface area contributed by atoms with Crippen molar-refractivity contribution >= 4 is 11.7 Å². The fourth-order valence-electron chi connectivity index (χ4n) is 2.43. The van der Waals surface area contributed by atoms with E-state index in [-0.39, 0.29) is 5.91 Å². The molecule has 2 aromatic heterocycles. The molecule has 0 aliphatic carbocycles. The normalized spacial score (nSPS) is 14.8. The van der Waals surface area contributed by atoms with E-state index in [0.717, 1.165) is 0 Å². The molecule has 0 bridgehead atoms. The molecule has 1 amide bonds. The summed E-state index contributed by atoms with van der Waals surface area (Å²) < 4.78 is 4.94. The molecule has 0 atom stereocenters. The summed E-state index contributed by atoms with van der Waals surface area (Å²) in [7, 11) is 0. The lowest BCUT2D eigenvalue weighted by molar-refractivity contribution is 0.0746. The van der Waals surface area contributed by atoms with Crippen LogP contribution in [0.4, 0.5) is 5.82 Å². The van der Waals surface area contributed by atoms with E-state index in [1.54, 1.807) is 29.3 Å². The third-order valence-electron chi connectivity index (χ3n) is 3.54. The zero-order chi connectivity index (χ0) is 14.7. The van der Waals surface area contributed by atoms with E-state index in [4.69, 9.17) is 9.68 Å². The zero-order valence-electron chi connectivity index (χ0n) is 11.4. The number of nitrogens with zero attached hydrogens (tertiary/aromatic N) is 4. The number of hydrogen-bond donors (Lipinski definition) is 0. The average molecular weight is 282 g/mol. The number of furan rings is 1. The number of carbonyl (C=O) groups excluding carboxylic acids is 1. The first kappa shape index (κ1) is 13.2. The molecule has 1 aliphatic rings. The Balaban J connectivity index is 1.68. The molecule has 6 nitrogen and oxygen atoms in total. The maximum atomic E-state index is 12.2. The molecule has 0 aromatic carbocycles. The van der Waals surface area contributed by atoms with Crippen molar-refractivity contribution in [2.24, 2.45) is 0 Å². The van der Waals surface area contributed by atoms with Crippen LogP contribution in [0.1, 0.15) is 15.9 Å². The molecule has 3 heterocycles. The van der Waals surface area contributed by atoms with Crippen molar-refractivity contribution in [1.29, 1.82) is 5.26 Å². The molecule has 0 radical (unpaired) electrons. The fourth-order valence-corrected chi connectivity index (χ4v) is 2.43. The molecule has 0 N–H and O–H groups in total. The molecule has 0 saturated carbocycles. The van der Waals surface area contributed by atoms with Gasteiger partial charge in [0.2, 0.25) is 0 Å². The third-order valence-corrected chi connectivity index (χ3v) is 3.54. The summed E-state index contributed by atoms with van der Waals surface area (Å²) in [5.74, 6) is 0.667. The number of anilines is 1. The summed E-state index contributed by atoms with van der Waals surface area (Å²) in [6.45, 7) is 2.53. The first-order chi connectivity index (χ1) is 10.3. The number of hydrogen-bond acceptors (Lipinski definition) is 5. The summed E-state index contributed by atoms with van der Waals surface area (Å²) in [5.41, 5.74) is 1.13. The van der Waals surface area contributed by atoms with Gasteiger partial charge in [0.05, 0.1) is 17.4 Å². The molecule has 1 saturated heterocycles. The molecule has 0 spiro atoms. The lowest BCUT2D eigenvalue weighted by Crippen LogP contribution is -2.49. The first-order valence-corrected chi connectivity index (χ1v) is 6.71. The molecule has 21 heavy (non-hydrogen) atoms. The minimum Gasteiger partial charge on any atom is -0.472 e. The van der Waals surface area contributed by atoms with Crippen LogP contribution < -0.4 is 4.90 Å². The lowest BCUT2D eigenvalue weighted by atomic mass is 10.2. The van der Waals surface area contributed by atoms with Crippen molar-refractivity contribution in [2.75, 3.05) is 31.1 Å². The van der Waals surface area contributed by atoms with Gasteiger partial charge in [0.1, 0.15) is 18.2 Å². The summed E-state index contributed by atoms with van der Waals surface area (Å²) >= 11 is 0. The Kier molecular flexibility index (Phi) is 3.56. The highest BCUT2D eigenvalue weighted by molar-refractivity contribution is 5.94. The van der Waals surface area contributed by atoms with Crippen LogP contribution in [0.25, 0.3) is 0 Å². The Labute approximate surface area is 122 Å². The van der Waals surface area contributed by atoms with E-state index in [1.807, 2.05) is 4.90 Å². The Bertz CT molecular complexity index is 667. The van der Waals surface area contributed by atoms with E-state index in [0.29, 0.717) is 43.1 Å². The van der Waals surface area contributed by atoms with Crippen LogP contribution in [0.3, 0.4) is 0 Å². The summed E-state index contributed by atoms with van der Waals surface area (Å²) in [5, 5.41) is 9.12. The number of carbonyl (C=O) groups is 1. The van der Waals surface area contributed by atoms with E-state index in [2.05, 4.69) is 11.1 Å². The van der Waals surface area contributed by atoms with Crippen molar-refractivity contribution in [3.05, 3.63) is 48.0 Å². The van der Waals surface area contributed by atoms with Gasteiger partial charge in [0, 0.05) is 32.4 Å². The number of rotatable bonds is 2. The van der Waals surface area contributed by atoms with Crippen LogP contribution in [-0.4, -0.2) is 42.0 Å². The average Bonchev–Trinajstić information content (AvgIpc) is 3.09. The van der Waals surface area contributed by atoms with Gasteiger partial charge in [-0.3, -0.25) is 4.79 Å². The van der Waals surface area contributed by atoms with Crippen LogP contribution in [-0.2, 0) is 0 Å². The Hall–Kier alpha value is -2.81. The molecule has 0 unspecified atom stereocenters. The largest absolute Gasteiger partial charge is 0.472 e. The van der Waals surface area contributed by atoms with Gasteiger partial charge in [0.15, 0.2) is 0 Å². The maximum absolute atomic E-state index is 12.2. The summed E-state index contributed by atoms with van der Waals surface area (Å²) in [6, 6.07) is 7.33. The number of pyridine rings is 1. The lowest BCUT2D eigenvalue weighted by Gasteiger charge is -2.35. The van der Waals surface area contributed by atoms with Gasteiger partial charge in [-0.05, 0) is 18.2 Å². The van der Waals surface area contributed by atoms with Gasteiger partial charge < -0.3 is 14.2 Å². The molecular formula is C15H14N4O2. The van der Waals surface area contributed by atoms with Crippen molar-refractivity contribution < 1.29 is 9.21 Å². The second-order valence-corrected chi connectivity index (χ2v) is 4.78. The van der Waals surface area contributed by atoms with E-state index in [9.17, 15) is 4.79 Å². The molecule has 3 rings (SSSR count). The fraction of sp³-hybridized carbons (Fsp3) is 0.267. The second-order valence-electron chi connectivity index (χ2n) is 4.78. The highest BCUT2D eigenvalue weighted by Crippen LogP contribution is 2.18. The Morgan fingerprint density at radius 3 is 2.76 bits per heavy atom. The predicted molar refractivity (Wildman–Crippen MR) is 75.8 cm³/mol. The molecule has 6 heteroatoms. The van der Waals surface area contributed by atoms with Gasteiger partial charge in [-0.2, -0.15) is 5.26 Å². The molecule has 1 fully saturated rings. The Morgan fingerprint density at radius 1 is 1.29 bits per heavy atom. The SMILES string of the molecule is N#Cc1cccnc1N1CCN(C(=O)c2ccoc2)CC1. The quantitative estimate of drug-likeness (QED) is 0.834. The highest BCUT2D eigenvalue weighted by Gasteiger charge is 2.24. The standard InChI is InChI=1S/C15H14N4O2/c16-10-12-2-1-4-17-14(12)18-5-7-19(8-6-18)15(20)13-3-9-21-11-13/h1-4,9,11H,5-8H2. The minimum absolute atomic E-state index is 0.0232. The Morgan fingerprint density at radius 2 is 2.10 bits per heavy atom. The smallest absolute Gasteiger partial charge is 0.257 e. The number of nitriles is 1. The van der Waals surface area contributed by atoms with Gasteiger partial charge in [-0.25, -0.2) is 4.98 Å². The molecule has 2 aromatic rings. The van der Waals surface area contributed by atoms with E-state index < -0.39 is 0 Å². The van der Waals surface area contributed by atoms with Crippen molar-refractivity contribution in [3.63, 3.8) is 0 Å². The van der Waals surface area contributed by atoms with Crippen LogP contribution in [0.2, 0.25) is 0 Å². The van der Waals surface area contributed by atoms with Crippen molar-refractivity contribution in [2.45, 2.75) is 0 Å². The third kappa shape index (κ3) is 2.58. The van der Waals surface area contributed by atoms with Crippen LogP contribution in [0, 0.1) is 11.3 Å². The molecule has 1 aliphatic heterocycles. The predicted octanol–water partition coefficient (Wildman–Crippen LogP) is 1.51. The maximum Gasteiger partial charge on any atom is 0.257 e. The zero-order valence-corrected chi connectivity index (χ0v) is 11.4. The van der Waals surface area contributed by atoms with Crippen molar-refractivity contribution in [1.82, 2.24) is 9.88 Å². The number of amides is 1. The molecular weight excluding hydrogens is 268 g/mol. The van der Waals surface area contributed by atoms with Crippen LogP contribution >= 0.6 is 0 Å². The number of aromatic nitrogens is 1. The van der Waals surface area contributed by atoms with Crippen LogP contribution in [0.5, 0.6) is 0 Å². The van der Waals surface area contributed by atoms with Crippen LogP contribution in [0.15, 0.2) is 41.3 Å². The van der Waals surface area contributed by atoms with Crippen molar-refractivity contribution in [3.8, 4) is 6.07 Å². The van der Waals surface area contributed by atoms with Gasteiger partial charge in [0.25, 0.3) is 5.91 Å². The topological polar surface area (TPSA) is 73.4 Å². The number of piperazine rings is 1. The summed E-state index contributed by atoms with van der Waals surface area (Å²) in [6.07, 6.45) is 4.64. The van der Waals surface area contributed by atoms with Gasteiger partial charge in [-0.1, -0.05) is 0 Å². The minimum atomic E-state index is -0.0232. The van der Waals surface area contributed by atoms with Gasteiger partial charge >= 0.3 is 0 Å². The summed E-state index contributed by atoms with van der Waals surface area (Å²) in [4.78, 5) is 20.3. The van der Waals surface area contributed by atoms with Gasteiger partial charge in [-0.15, -0.1) is 0 Å². The first-order valence-electron chi connectivity index (χ1n) is 6.71.